The van der Waals surface area contributed by atoms with Gasteiger partial charge in [0.25, 0.3) is 0 Å². The minimum absolute atomic E-state index is 0.314. The number of rotatable bonds is 1. The van der Waals surface area contributed by atoms with E-state index >= 15 is 0 Å². The molecular weight excluding hydrogens is 158 g/mol. The molecule has 0 amide bonds. The fourth-order valence-corrected chi connectivity index (χ4v) is 1.09. The van der Waals surface area contributed by atoms with Crippen molar-refractivity contribution in [2.75, 3.05) is 23.9 Å². The monoisotopic (exact) mass is 167 g/mol. The molecule has 0 aliphatic carbocycles. The summed E-state index contributed by atoms with van der Waals surface area (Å²) in [6.45, 7) is 0. The lowest BCUT2D eigenvalue weighted by molar-refractivity contribution is 0.724. The number of anilines is 2. The van der Waals surface area contributed by atoms with Gasteiger partial charge in [-0.05, 0) is 0 Å². The third-order valence-corrected chi connectivity index (χ3v) is 1.62. The summed E-state index contributed by atoms with van der Waals surface area (Å²) in [4.78, 5) is 9.45. The van der Waals surface area contributed by atoms with Gasteiger partial charge in [0, 0.05) is 7.05 Å². The SMILES string of the molecule is CNn1cnc2c(N)nc(N)n21. The van der Waals surface area contributed by atoms with Gasteiger partial charge in [0.1, 0.15) is 6.33 Å². The fraction of sp³-hybridized carbons (Fsp3) is 0.200. The van der Waals surface area contributed by atoms with E-state index in [0.29, 0.717) is 17.4 Å². The lowest BCUT2D eigenvalue weighted by Crippen LogP contribution is -2.15. The molecule has 0 aliphatic rings. The molecule has 2 heterocycles. The number of nitrogens with zero attached hydrogens (tertiary/aromatic N) is 4. The summed E-state index contributed by atoms with van der Waals surface area (Å²) < 4.78 is 1.58. The normalized spacial score (nSPS) is 10.8. The lowest BCUT2D eigenvalue weighted by atomic mass is 10.7. The number of fused-ring (bicyclic) bond motifs is 1. The van der Waals surface area contributed by atoms with Gasteiger partial charge < -0.3 is 16.9 Å². The molecule has 5 N–H and O–H groups in total. The van der Waals surface area contributed by atoms with Crippen LogP contribution in [0, 0.1) is 0 Å². The van der Waals surface area contributed by atoms with E-state index in [1.807, 2.05) is 0 Å². The summed E-state index contributed by atoms with van der Waals surface area (Å²) >= 11 is 0. The Labute approximate surface area is 67.9 Å². The molecule has 0 bridgehead atoms. The number of aromatic nitrogens is 4. The molecule has 0 atom stereocenters. The molecule has 0 spiro atoms. The minimum Gasteiger partial charge on any atom is -0.380 e. The van der Waals surface area contributed by atoms with Crippen LogP contribution in [0.1, 0.15) is 0 Å². The molecule has 0 saturated heterocycles. The molecule has 0 aliphatic heterocycles. The summed E-state index contributed by atoms with van der Waals surface area (Å²) in [5.74, 6) is 0.649. The molecule has 2 aromatic heterocycles. The molecule has 7 heteroatoms. The topological polar surface area (TPSA) is 99.2 Å². The van der Waals surface area contributed by atoms with Gasteiger partial charge in [-0.1, -0.05) is 0 Å². The molecule has 2 aromatic rings. The van der Waals surface area contributed by atoms with Crippen molar-refractivity contribution in [1.82, 2.24) is 19.3 Å². The quantitative estimate of drug-likeness (QED) is 0.499. The summed E-state index contributed by atoms with van der Waals surface area (Å²) in [7, 11) is 1.75. The van der Waals surface area contributed by atoms with Crippen LogP contribution in [0.25, 0.3) is 5.65 Å². The van der Waals surface area contributed by atoms with Crippen LogP contribution in [0.15, 0.2) is 6.33 Å². The summed E-state index contributed by atoms with van der Waals surface area (Å²) in [6, 6.07) is 0. The van der Waals surface area contributed by atoms with Crippen molar-refractivity contribution in [3.05, 3.63) is 6.33 Å². The van der Waals surface area contributed by atoms with Gasteiger partial charge in [-0.15, -0.1) is 0 Å². The van der Waals surface area contributed by atoms with Crippen LogP contribution in [0.4, 0.5) is 11.8 Å². The Bertz CT molecular complexity index is 411. The van der Waals surface area contributed by atoms with Crippen molar-refractivity contribution in [2.45, 2.75) is 0 Å². The lowest BCUT2D eigenvalue weighted by Gasteiger charge is -2.00. The van der Waals surface area contributed by atoms with Crippen LogP contribution in [-0.2, 0) is 0 Å². The molecule has 0 saturated carbocycles. The van der Waals surface area contributed by atoms with Gasteiger partial charge in [0.05, 0.1) is 0 Å². The second kappa shape index (κ2) is 2.03. The van der Waals surface area contributed by atoms with Crippen LogP contribution in [0.5, 0.6) is 0 Å². The van der Waals surface area contributed by atoms with Crippen molar-refractivity contribution in [1.29, 1.82) is 0 Å². The smallest absolute Gasteiger partial charge is 0.225 e. The largest absolute Gasteiger partial charge is 0.380 e. The molecule has 2 rings (SSSR count). The van der Waals surface area contributed by atoms with Crippen molar-refractivity contribution < 1.29 is 0 Å². The number of nitrogens with two attached hydrogens (primary N) is 2. The maximum Gasteiger partial charge on any atom is 0.225 e. The molecular formula is C5H9N7. The molecule has 0 radical (unpaired) electrons. The van der Waals surface area contributed by atoms with E-state index in [4.69, 9.17) is 11.5 Å². The standard InChI is InChI=1S/C5H9N7/c1-8-11-2-9-4-3(6)10-5(7)12(4)11/h2,8H,6H2,1H3,(H2,7,10). The minimum atomic E-state index is 0.314. The molecule has 7 nitrogen and oxygen atoms in total. The number of nitrogens with one attached hydrogen (secondary N) is 1. The number of hydrogen-bond donors (Lipinski definition) is 3. The van der Waals surface area contributed by atoms with E-state index in [1.165, 1.54) is 0 Å². The highest BCUT2D eigenvalue weighted by Crippen LogP contribution is 2.12. The number of hydrogen-bond acceptors (Lipinski definition) is 5. The predicted molar refractivity (Wildman–Crippen MR) is 45.1 cm³/mol. The van der Waals surface area contributed by atoms with Crippen LogP contribution < -0.4 is 16.9 Å². The van der Waals surface area contributed by atoms with Crippen LogP contribution in [0.3, 0.4) is 0 Å². The van der Waals surface area contributed by atoms with Crippen molar-refractivity contribution in [2.24, 2.45) is 0 Å². The summed E-state index contributed by atoms with van der Waals surface area (Å²) in [5, 5.41) is 0. The van der Waals surface area contributed by atoms with Crippen LogP contribution in [-0.4, -0.2) is 26.3 Å². The zero-order valence-corrected chi connectivity index (χ0v) is 6.52. The van der Waals surface area contributed by atoms with Gasteiger partial charge >= 0.3 is 0 Å². The summed E-state index contributed by atoms with van der Waals surface area (Å²) in [6.07, 6.45) is 1.57. The predicted octanol–water partition coefficient (Wildman–Crippen LogP) is -1.13. The Morgan fingerprint density at radius 3 is 2.92 bits per heavy atom. The van der Waals surface area contributed by atoms with Gasteiger partial charge in [0.2, 0.25) is 11.6 Å². The number of nitrogen functional groups attached to an aromatic ring is 2. The van der Waals surface area contributed by atoms with E-state index in [1.54, 1.807) is 22.7 Å². The molecule has 12 heavy (non-hydrogen) atoms. The molecule has 64 valence electrons. The average molecular weight is 167 g/mol. The zero-order valence-electron chi connectivity index (χ0n) is 6.52. The highest BCUT2D eigenvalue weighted by atomic mass is 15.6. The Balaban J connectivity index is 2.84. The first-order valence-corrected chi connectivity index (χ1v) is 3.39. The van der Waals surface area contributed by atoms with Gasteiger partial charge in [-0.25, -0.2) is 4.98 Å². The molecule has 0 aromatic carbocycles. The van der Waals surface area contributed by atoms with Crippen molar-refractivity contribution in [3.8, 4) is 0 Å². The van der Waals surface area contributed by atoms with Crippen LogP contribution >= 0.6 is 0 Å². The highest BCUT2D eigenvalue weighted by molar-refractivity contribution is 5.63. The average Bonchev–Trinajstić information content (AvgIpc) is 2.55. The van der Waals surface area contributed by atoms with Crippen molar-refractivity contribution in [3.63, 3.8) is 0 Å². The maximum atomic E-state index is 5.57. The maximum absolute atomic E-state index is 5.57. The molecule has 0 unspecified atom stereocenters. The third kappa shape index (κ3) is 0.644. The Kier molecular flexibility index (Phi) is 1.15. The third-order valence-electron chi connectivity index (χ3n) is 1.62. The first kappa shape index (κ1) is 6.77. The van der Waals surface area contributed by atoms with Gasteiger partial charge in [-0.2, -0.15) is 14.3 Å². The second-order valence-electron chi connectivity index (χ2n) is 2.30. The second-order valence-corrected chi connectivity index (χ2v) is 2.30. The van der Waals surface area contributed by atoms with Gasteiger partial charge in [-0.3, -0.25) is 0 Å². The first-order chi connectivity index (χ1) is 5.74. The van der Waals surface area contributed by atoms with E-state index in [2.05, 4.69) is 15.4 Å². The van der Waals surface area contributed by atoms with E-state index in [0.717, 1.165) is 0 Å². The number of imidazole rings is 1. The van der Waals surface area contributed by atoms with E-state index < -0.39 is 0 Å². The zero-order chi connectivity index (χ0) is 8.72. The van der Waals surface area contributed by atoms with Crippen LogP contribution in [0.2, 0.25) is 0 Å². The Morgan fingerprint density at radius 1 is 1.50 bits per heavy atom. The highest BCUT2D eigenvalue weighted by Gasteiger charge is 2.09. The Morgan fingerprint density at radius 2 is 2.25 bits per heavy atom. The van der Waals surface area contributed by atoms with Crippen molar-refractivity contribution >= 4 is 17.4 Å². The fourth-order valence-electron chi connectivity index (χ4n) is 1.09. The summed E-state index contributed by atoms with van der Waals surface area (Å²) in [5.41, 5.74) is 14.5. The van der Waals surface area contributed by atoms with E-state index in [-0.39, 0.29) is 0 Å². The van der Waals surface area contributed by atoms with E-state index in [9.17, 15) is 0 Å². The Hall–Kier alpha value is -1.92. The van der Waals surface area contributed by atoms with Gasteiger partial charge in [0.15, 0.2) is 5.82 Å². The first-order valence-electron chi connectivity index (χ1n) is 3.39. The molecule has 0 fully saturated rings.